The molecule has 2 rings (SSSR count). The van der Waals surface area contributed by atoms with Gasteiger partial charge in [-0.3, -0.25) is 14.5 Å². The van der Waals surface area contributed by atoms with Crippen LogP contribution in [0.5, 0.6) is 0 Å². The van der Waals surface area contributed by atoms with Crippen LogP contribution in [0.3, 0.4) is 0 Å². The summed E-state index contributed by atoms with van der Waals surface area (Å²) in [6, 6.07) is 10.00. The summed E-state index contributed by atoms with van der Waals surface area (Å²) < 4.78 is 51.1. The molecule has 1 unspecified atom stereocenters. The van der Waals surface area contributed by atoms with E-state index in [-0.39, 0.29) is 4.90 Å². The van der Waals surface area contributed by atoms with E-state index in [0.717, 1.165) is 16.2 Å². The molecule has 0 bridgehead atoms. The second-order valence-electron chi connectivity index (χ2n) is 4.49. The van der Waals surface area contributed by atoms with Gasteiger partial charge in [-0.1, -0.05) is 28.1 Å². The quantitative estimate of drug-likeness (QED) is 0.796. The Morgan fingerprint density at radius 2 is 1.78 bits per heavy atom. The number of alkyl halides is 3. The zero-order chi connectivity index (χ0) is 17.3. The number of hydrogen-bond acceptors (Lipinski definition) is 3. The van der Waals surface area contributed by atoms with E-state index in [9.17, 15) is 22.2 Å². The molecule has 23 heavy (non-hydrogen) atoms. The minimum atomic E-state index is -5.13. The molecule has 0 saturated heterocycles. The van der Waals surface area contributed by atoms with Crippen molar-refractivity contribution in [3.63, 3.8) is 0 Å². The van der Waals surface area contributed by atoms with Crippen molar-refractivity contribution in [3.05, 3.63) is 47.1 Å². The molecular weight excluding hydrogens is 397 g/mol. The van der Waals surface area contributed by atoms with Crippen LogP contribution in [0, 0.1) is 0 Å². The summed E-state index contributed by atoms with van der Waals surface area (Å²) in [6.07, 6.45) is -4.01. The lowest BCUT2D eigenvalue weighted by molar-refractivity contribution is -0.171. The van der Waals surface area contributed by atoms with Crippen LogP contribution in [-0.2, 0) is 14.5 Å². The number of benzene rings is 1. The fourth-order valence-electron chi connectivity index (χ4n) is 1.63. The molecular formula is C14H10BrF3N2O2S. The third kappa shape index (κ3) is 4.32. The molecule has 2 aromatic rings. The highest BCUT2D eigenvalue weighted by Crippen LogP contribution is 2.21. The molecule has 0 fully saturated rings. The topological polar surface area (TPSA) is 59.1 Å². The van der Waals surface area contributed by atoms with E-state index in [1.807, 2.05) is 0 Å². The average Bonchev–Trinajstić information content (AvgIpc) is 2.47. The molecule has 0 aliphatic rings. The number of nitrogens with one attached hydrogen (secondary N) is 1. The van der Waals surface area contributed by atoms with Crippen LogP contribution in [-0.4, -0.2) is 27.1 Å². The number of rotatable bonds is 3. The number of hydrogen-bond donors (Lipinski definition) is 1. The van der Waals surface area contributed by atoms with Gasteiger partial charge in [0.25, 0.3) is 0 Å². The first-order valence-electron chi connectivity index (χ1n) is 6.08. The lowest BCUT2D eigenvalue weighted by Crippen LogP contribution is -2.40. The van der Waals surface area contributed by atoms with E-state index in [0.29, 0.717) is 5.69 Å². The van der Waals surface area contributed by atoms with Gasteiger partial charge in [-0.05, 0) is 30.1 Å². The first kappa shape index (κ1) is 17.5. The zero-order valence-corrected chi connectivity index (χ0v) is 13.8. The smallest absolute Gasteiger partial charge is 0.271 e. The van der Waals surface area contributed by atoms with E-state index in [2.05, 4.69) is 26.8 Å². The summed E-state index contributed by atoms with van der Waals surface area (Å²) in [6.45, 7) is 0. The predicted molar refractivity (Wildman–Crippen MR) is 85.1 cm³/mol. The number of amides is 1. The number of carbonyl (C=O) groups is 1. The summed E-state index contributed by atoms with van der Waals surface area (Å²) in [5.74, 6) is 0.847. The van der Waals surface area contributed by atoms with Gasteiger partial charge in [-0.15, -0.1) is 0 Å². The molecule has 0 aliphatic heterocycles. The summed E-state index contributed by atoms with van der Waals surface area (Å²) in [5.41, 5.74) is 1.31. The van der Waals surface area contributed by atoms with Crippen molar-refractivity contribution in [2.45, 2.75) is 11.1 Å². The Hall–Kier alpha value is -1.87. The van der Waals surface area contributed by atoms with Gasteiger partial charge in [0.2, 0.25) is 0 Å². The summed E-state index contributed by atoms with van der Waals surface area (Å²) in [4.78, 5) is 14.8. The molecule has 1 N–H and O–H groups in total. The van der Waals surface area contributed by atoms with Crippen molar-refractivity contribution in [1.82, 2.24) is 9.71 Å². The Balaban J connectivity index is 2.25. The standard InChI is InChI=1S/C14H10BrF3N2O2S/c1-23(22,20-13(21)14(16,17)18)11-6-7-12(19-8-11)9-2-4-10(15)5-3-9/h2-8H,1H2,(H,20,21,22). The van der Waals surface area contributed by atoms with Crippen LogP contribution in [0.1, 0.15) is 0 Å². The highest BCUT2D eigenvalue weighted by molar-refractivity contribution is 9.10. The Kier molecular flexibility index (Phi) is 4.81. The molecule has 4 nitrogen and oxygen atoms in total. The van der Waals surface area contributed by atoms with E-state index in [1.165, 1.54) is 16.9 Å². The second kappa shape index (κ2) is 6.32. The number of halogens is 4. The van der Waals surface area contributed by atoms with E-state index in [4.69, 9.17) is 0 Å². The number of carbonyl (C=O) groups excluding carboxylic acids is 1. The van der Waals surface area contributed by atoms with Gasteiger partial charge in [-0.25, -0.2) is 4.21 Å². The molecule has 122 valence electrons. The maximum absolute atomic E-state index is 12.2. The average molecular weight is 407 g/mol. The van der Waals surface area contributed by atoms with Crippen molar-refractivity contribution in [2.75, 3.05) is 0 Å². The van der Waals surface area contributed by atoms with Gasteiger partial charge in [-0.2, -0.15) is 13.2 Å². The second-order valence-corrected chi connectivity index (χ2v) is 7.43. The monoisotopic (exact) mass is 406 g/mol. The van der Waals surface area contributed by atoms with Crippen LogP contribution in [0.2, 0.25) is 0 Å². The minimum absolute atomic E-state index is 0.101. The fraction of sp³-hybridized carbons (Fsp3) is 0.0714. The SMILES string of the molecule is C=S(=O)(NC(=O)C(F)(F)F)c1ccc(-c2ccc(Br)cc2)nc1. The van der Waals surface area contributed by atoms with Gasteiger partial charge in [0.15, 0.2) is 0 Å². The maximum atomic E-state index is 12.2. The normalized spacial score (nSPS) is 14.1. The first-order chi connectivity index (χ1) is 10.6. The van der Waals surface area contributed by atoms with Crippen LogP contribution in [0.25, 0.3) is 11.3 Å². The van der Waals surface area contributed by atoms with Crippen molar-refractivity contribution >= 4 is 37.4 Å². The van der Waals surface area contributed by atoms with Crippen LogP contribution in [0.4, 0.5) is 13.2 Å². The van der Waals surface area contributed by atoms with Gasteiger partial charge in [0, 0.05) is 16.2 Å². The Morgan fingerprint density at radius 3 is 2.26 bits per heavy atom. The van der Waals surface area contributed by atoms with Gasteiger partial charge >= 0.3 is 12.1 Å². The Morgan fingerprint density at radius 1 is 1.17 bits per heavy atom. The third-order valence-electron chi connectivity index (χ3n) is 2.77. The molecule has 1 amide bonds. The molecule has 0 radical (unpaired) electrons. The molecule has 0 saturated carbocycles. The lowest BCUT2D eigenvalue weighted by atomic mass is 10.1. The molecule has 1 heterocycles. The highest BCUT2D eigenvalue weighted by atomic mass is 79.9. The number of nitrogens with zero attached hydrogens (tertiary/aromatic N) is 1. The summed E-state index contributed by atoms with van der Waals surface area (Å²) in [5, 5.41) is 0. The van der Waals surface area contributed by atoms with E-state index < -0.39 is 21.8 Å². The van der Waals surface area contributed by atoms with Crippen molar-refractivity contribution < 1.29 is 22.2 Å². The van der Waals surface area contributed by atoms with Crippen molar-refractivity contribution in [1.29, 1.82) is 0 Å². The highest BCUT2D eigenvalue weighted by Gasteiger charge is 2.40. The molecule has 0 spiro atoms. The van der Waals surface area contributed by atoms with E-state index >= 15 is 0 Å². The number of aromatic nitrogens is 1. The summed E-state index contributed by atoms with van der Waals surface area (Å²) >= 11 is 3.30. The van der Waals surface area contributed by atoms with Crippen molar-refractivity contribution in [3.8, 4) is 11.3 Å². The zero-order valence-electron chi connectivity index (χ0n) is 11.4. The van der Waals surface area contributed by atoms with Gasteiger partial charge in [0.1, 0.15) is 0 Å². The molecule has 9 heteroatoms. The van der Waals surface area contributed by atoms with Crippen LogP contribution >= 0.6 is 15.9 Å². The number of pyridine rings is 1. The molecule has 1 aromatic heterocycles. The first-order valence-corrected chi connectivity index (χ1v) is 8.60. The Bertz CT molecular complexity index is 817. The third-order valence-corrected chi connectivity index (χ3v) is 4.82. The predicted octanol–water partition coefficient (Wildman–Crippen LogP) is 3.18. The lowest BCUT2D eigenvalue weighted by Gasteiger charge is -2.13. The van der Waals surface area contributed by atoms with Gasteiger partial charge in [0.05, 0.1) is 20.3 Å². The van der Waals surface area contributed by atoms with Gasteiger partial charge < -0.3 is 0 Å². The van der Waals surface area contributed by atoms with Crippen molar-refractivity contribution in [2.24, 2.45) is 0 Å². The fourth-order valence-corrected chi connectivity index (χ4v) is 2.94. The van der Waals surface area contributed by atoms with Crippen LogP contribution in [0.15, 0.2) is 52.0 Å². The minimum Gasteiger partial charge on any atom is -0.271 e. The summed E-state index contributed by atoms with van der Waals surface area (Å²) in [7, 11) is -3.64. The molecule has 1 aromatic carbocycles. The van der Waals surface area contributed by atoms with E-state index in [1.54, 1.807) is 24.3 Å². The molecule has 0 aliphatic carbocycles. The largest absolute Gasteiger partial charge is 0.472 e. The Labute approximate surface area is 139 Å². The molecule has 1 atom stereocenters. The van der Waals surface area contributed by atoms with Crippen LogP contribution < -0.4 is 4.72 Å². The maximum Gasteiger partial charge on any atom is 0.472 e.